The first kappa shape index (κ1) is 18.4. The van der Waals surface area contributed by atoms with Crippen molar-refractivity contribution in [2.45, 2.75) is 64.0 Å². The highest BCUT2D eigenvalue weighted by Crippen LogP contribution is 2.55. The van der Waals surface area contributed by atoms with Gasteiger partial charge < -0.3 is 20.0 Å². The minimum Gasteiger partial charge on any atom is -0.464 e. The summed E-state index contributed by atoms with van der Waals surface area (Å²) in [7, 11) is 1.76. The SMILES string of the molecule is Cc1ccc(CN(C)C(=O)CCNC(=O)NC23CC4CC(CC(C4)C2)C3)o1. The zero-order valence-corrected chi connectivity index (χ0v) is 16.4. The van der Waals surface area contributed by atoms with E-state index in [2.05, 4.69) is 10.6 Å². The van der Waals surface area contributed by atoms with E-state index in [4.69, 9.17) is 4.42 Å². The van der Waals surface area contributed by atoms with Crippen LogP contribution in [0, 0.1) is 24.7 Å². The molecular formula is C21H31N3O3. The normalized spacial score (nSPS) is 31.0. The molecule has 148 valence electrons. The Labute approximate surface area is 161 Å². The Morgan fingerprint density at radius 1 is 1.15 bits per heavy atom. The molecule has 1 aromatic rings. The molecule has 0 unspecified atom stereocenters. The number of aryl methyl sites for hydroxylation is 1. The average Bonchev–Trinajstić information content (AvgIpc) is 2.97. The number of carbonyl (C=O) groups excluding carboxylic acids is 2. The van der Waals surface area contributed by atoms with Crippen LogP contribution >= 0.6 is 0 Å². The quantitative estimate of drug-likeness (QED) is 0.804. The lowest BCUT2D eigenvalue weighted by Crippen LogP contribution is -2.61. The fourth-order valence-electron chi connectivity index (χ4n) is 5.91. The summed E-state index contributed by atoms with van der Waals surface area (Å²) in [5, 5.41) is 6.17. The number of hydrogen-bond acceptors (Lipinski definition) is 3. The molecule has 0 aromatic carbocycles. The van der Waals surface area contributed by atoms with Crippen molar-refractivity contribution in [3.8, 4) is 0 Å². The third-order valence-corrected chi connectivity index (χ3v) is 6.66. The van der Waals surface area contributed by atoms with Crippen LogP contribution in [0.1, 0.15) is 56.5 Å². The van der Waals surface area contributed by atoms with Gasteiger partial charge in [0.25, 0.3) is 0 Å². The number of nitrogens with one attached hydrogen (secondary N) is 2. The summed E-state index contributed by atoms with van der Waals surface area (Å²) in [5.41, 5.74) is 0.0107. The Kier molecular flexibility index (Phi) is 4.91. The van der Waals surface area contributed by atoms with Crippen LogP contribution in [-0.2, 0) is 11.3 Å². The molecule has 0 aliphatic heterocycles. The van der Waals surface area contributed by atoms with Crippen LogP contribution < -0.4 is 10.6 Å². The number of nitrogens with zero attached hydrogens (tertiary/aromatic N) is 1. The molecule has 4 bridgehead atoms. The number of carbonyl (C=O) groups is 2. The second-order valence-electron chi connectivity index (χ2n) is 9.09. The molecule has 1 aromatic heterocycles. The van der Waals surface area contributed by atoms with Gasteiger partial charge in [0.15, 0.2) is 0 Å². The minimum absolute atomic E-state index is 0.000780. The van der Waals surface area contributed by atoms with Crippen LogP contribution in [0.4, 0.5) is 4.79 Å². The van der Waals surface area contributed by atoms with Crippen LogP contribution in [0.3, 0.4) is 0 Å². The van der Waals surface area contributed by atoms with E-state index in [1.165, 1.54) is 19.3 Å². The lowest BCUT2D eigenvalue weighted by molar-refractivity contribution is -0.130. The summed E-state index contributed by atoms with van der Waals surface area (Å²) in [6.45, 7) is 2.70. The Morgan fingerprint density at radius 2 is 1.78 bits per heavy atom. The van der Waals surface area contributed by atoms with Gasteiger partial charge >= 0.3 is 6.03 Å². The van der Waals surface area contributed by atoms with Crippen LogP contribution in [0.2, 0.25) is 0 Å². The standard InChI is InChI=1S/C21H31N3O3/c1-14-3-4-18(27-14)13-24(2)19(25)5-6-22-20(26)23-21-10-15-7-16(11-21)9-17(8-15)12-21/h3-4,15-17H,5-13H2,1-2H3,(H2,22,23,26). The number of rotatable bonds is 6. The minimum atomic E-state index is -0.117. The van der Waals surface area contributed by atoms with Gasteiger partial charge in [0.05, 0.1) is 6.54 Å². The van der Waals surface area contributed by atoms with Crippen molar-refractivity contribution >= 4 is 11.9 Å². The summed E-state index contributed by atoms with van der Waals surface area (Å²) < 4.78 is 5.51. The Bertz CT molecular complexity index is 676. The fourth-order valence-corrected chi connectivity index (χ4v) is 5.91. The molecule has 4 fully saturated rings. The third kappa shape index (κ3) is 4.14. The fraction of sp³-hybridized carbons (Fsp3) is 0.714. The van der Waals surface area contributed by atoms with E-state index in [0.29, 0.717) is 19.5 Å². The first-order valence-corrected chi connectivity index (χ1v) is 10.3. The highest BCUT2D eigenvalue weighted by atomic mass is 16.3. The van der Waals surface area contributed by atoms with E-state index >= 15 is 0 Å². The molecule has 5 rings (SSSR count). The van der Waals surface area contributed by atoms with E-state index in [1.54, 1.807) is 11.9 Å². The molecule has 2 N–H and O–H groups in total. The van der Waals surface area contributed by atoms with Gasteiger partial charge in [-0.05, 0) is 75.3 Å². The van der Waals surface area contributed by atoms with Crippen LogP contribution in [0.5, 0.6) is 0 Å². The van der Waals surface area contributed by atoms with E-state index in [-0.39, 0.29) is 17.5 Å². The number of hydrogen-bond donors (Lipinski definition) is 2. The second-order valence-corrected chi connectivity index (χ2v) is 9.09. The summed E-state index contributed by atoms with van der Waals surface area (Å²) >= 11 is 0. The predicted octanol–water partition coefficient (Wildman–Crippen LogP) is 3.20. The summed E-state index contributed by atoms with van der Waals surface area (Å²) in [4.78, 5) is 26.3. The van der Waals surface area contributed by atoms with Gasteiger partial charge in [-0.25, -0.2) is 4.79 Å². The van der Waals surface area contributed by atoms with Gasteiger partial charge in [-0.15, -0.1) is 0 Å². The average molecular weight is 373 g/mol. The monoisotopic (exact) mass is 373 g/mol. The molecule has 4 saturated carbocycles. The maximum Gasteiger partial charge on any atom is 0.315 e. The molecule has 0 atom stereocenters. The van der Waals surface area contributed by atoms with Gasteiger partial charge in [0.2, 0.25) is 5.91 Å². The molecule has 27 heavy (non-hydrogen) atoms. The molecule has 4 aliphatic carbocycles. The Hall–Kier alpha value is -1.98. The molecule has 0 spiro atoms. The number of amides is 3. The summed E-state index contributed by atoms with van der Waals surface area (Å²) in [6.07, 6.45) is 7.78. The van der Waals surface area contributed by atoms with E-state index in [9.17, 15) is 9.59 Å². The van der Waals surface area contributed by atoms with Crippen molar-refractivity contribution in [1.82, 2.24) is 15.5 Å². The van der Waals surface area contributed by atoms with Crippen molar-refractivity contribution in [1.29, 1.82) is 0 Å². The van der Waals surface area contributed by atoms with Crippen molar-refractivity contribution in [3.05, 3.63) is 23.7 Å². The van der Waals surface area contributed by atoms with Crippen molar-refractivity contribution in [3.63, 3.8) is 0 Å². The topological polar surface area (TPSA) is 74.6 Å². The lowest BCUT2D eigenvalue weighted by Gasteiger charge is -2.56. The molecule has 3 amide bonds. The van der Waals surface area contributed by atoms with Gasteiger partial charge in [-0.1, -0.05) is 0 Å². The van der Waals surface area contributed by atoms with Gasteiger partial charge in [-0.2, -0.15) is 0 Å². The van der Waals surface area contributed by atoms with Crippen molar-refractivity contribution in [2.24, 2.45) is 17.8 Å². The molecular weight excluding hydrogens is 342 g/mol. The molecule has 4 aliphatic rings. The maximum atomic E-state index is 12.4. The van der Waals surface area contributed by atoms with E-state index in [0.717, 1.165) is 48.5 Å². The second kappa shape index (κ2) is 7.21. The highest BCUT2D eigenvalue weighted by molar-refractivity contribution is 5.78. The van der Waals surface area contributed by atoms with Crippen LogP contribution in [-0.4, -0.2) is 36.0 Å². The largest absolute Gasteiger partial charge is 0.464 e. The summed E-state index contributed by atoms with van der Waals surface area (Å²) in [5.74, 6) is 4.02. The van der Waals surface area contributed by atoms with Crippen LogP contribution in [0.15, 0.2) is 16.5 Å². The zero-order valence-electron chi connectivity index (χ0n) is 16.4. The van der Waals surface area contributed by atoms with Crippen molar-refractivity contribution < 1.29 is 14.0 Å². The van der Waals surface area contributed by atoms with E-state index in [1.807, 2.05) is 19.1 Å². The molecule has 1 heterocycles. The molecule has 6 heteroatoms. The Morgan fingerprint density at radius 3 is 2.33 bits per heavy atom. The van der Waals surface area contributed by atoms with Crippen LogP contribution in [0.25, 0.3) is 0 Å². The van der Waals surface area contributed by atoms with Gasteiger partial charge in [-0.3, -0.25) is 4.79 Å². The van der Waals surface area contributed by atoms with Gasteiger partial charge in [0, 0.05) is 25.6 Å². The number of furan rings is 1. The third-order valence-electron chi connectivity index (χ3n) is 6.66. The molecule has 6 nitrogen and oxygen atoms in total. The first-order chi connectivity index (χ1) is 12.9. The van der Waals surface area contributed by atoms with E-state index < -0.39 is 0 Å². The predicted molar refractivity (Wildman–Crippen MR) is 102 cm³/mol. The summed E-state index contributed by atoms with van der Waals surface area (Å²) in [6, 6.07) is 3.66. The maximum absolute atomic E-state index is 12.4. The zero-order chi connectivity index (χ0) is 19.0. The highest BCUT2D eigenvalue weighted by Gasteiger charge is 2.51. The van der Waals surface area contributed by atoms with Gasteiger partial charge in [0.1, 0.15) is 11.5 Å². The van der Waals surface area contributed by atoms with Crippen molar-refractivity contribution in [2.75, 3.05) is 13.6 Å². The molecule has 0 radical (unpaired) electrons. The molecule has 0 saturated heterocycles. The lowest BCUT2D eigenvalue weighted by atomic mass is 9.53. The number of urea groups is 1. The smallest absolute Gasteiger partial charge is 0.315 e. The first-order valence-electron chi connectivity index (χ1n) is 10.3. The Balaban J connectivity index is 1.20.